The maximum atomic E-state index is 6.59. The van der Waals surface area contributed by atoms with Gasteiger partial charge in [0.15, 0.2) is 22.9 Å². The summed E-state index contributed by atoms with van der Waals surface area (Å²) in [7, 11) is 0. The number of rotatable bonds is 10. The zero-order valence-electron chi connectivity index (χ0n) is 20.1. The molecule has 2 aromatic carbocycles. The van der Waals surface area contributed by atoms with Crippen LogP contribution < -0.4 is 20.9 Å². The van der Waals surface area contributed by atoms with E-state index in [1.807, 2.05) is 65.8 Å². The Morgan fingerprint density at radius 3 is 1.06 bits per heavy atom. The molecule has 0 bridgehead atoms. The van der Waals surface area contributed by atoms with E-state index in [0.29, 0.717) is 57.3 Å². The zero-order chi connectivity index (χ0) is 25.2. The molecule has 0 heterocycles. The van der Waals surface area contributed by atoms with Crippen molar-refractivity contribution in [2.45, 2.75) is 84.1 Å². The van der Waals surface area contributed by atoms with Crippen LogP contribution in [0, 0.1) is 0 Å². The number of nitrogens with two attached hydrogens (primary N) is 2. The molecule has 0 aliphatic carbocycles. The quantitative estimate of drug-likeness (QED) is 0.300. The molecule has 0 fully saturated rings. The van der Waals surface area contributed by atoms with Gasteiger partial charge in [-0.15, -0.1) is 0 Å². The van der Waals surface area contributed by atoms with Gasteiger partial charge in [-0.3, -0.25) is 11.5 Å². The van der Waals surface area contributed by atoms with Gasteiger partial charge < -0.3 is 9.47 Å². The van der Waals surface area contributed by atoms with E-state index < -0.39 is 16.9 Å². The van der Waals surface area contributed by atoms with Gasteiger partial charge in [0.25, 0.3) is 0 Å². The standard InChI is InChI=1S/C25H34Cl4N2O2/c1-7-24(30,8-2)32-21-17(26)11-15(12-18(21)27)23(5,6)16-13-19(28)22(20(29)14-16)33-25(31,9-3)10-4/h11-14H,7-10,30-31H2,1-6H3. The normalized spacial score (nSPS) is 12.7. The summed E-state index contributed by atoms with van der Waals surface area (Å²) in [5.74, 6) is 0.754. The molecule has 0 spiro atoms. The third-order valence-electron chi connectivity index (χ3n) is 6.44. The van der Waals surface area contributed by atoms with Crippen LogP contribution in [-0.4, -0.2) is 11.4 Å². The summed E-state index contributed by atoms with van der Waals surface area (Å²) >= 11 is 26.4. The lowest BCUT2D eigenvalue weighted by Gasteiger charge is -2.32. The second-order valence-corrected chi connectivity index (χ2v) is 10.5. The molecule has 184 valence electrons. The highest BCUT2D eigenvalue weighted by molar-refractivity contribution is 6.38. The first-order valence-electron chi connectivity index (χ1n) is 11.2. The van der Waals surface area contributed by atoms with Gasteiger partial charge in [-0.2, -0.15) is 0 Å². The highest BCUT2D eigenvalue weighted by Crippen LogP contribution is 2.45. The van der Waals surface area contributed by atoms with E-state index in [0.717, 1.165) is 11.1 Å². The number of hydrogen-bond acceptors (Lipinski definition) is 4. The number of halogens is 4. The molecule has 33 heavy (non-hydrogen) atoms. The fourth-order valence-electron chi connectivity index (χ4n) is 3.40. The van der Waals surface area contributed by atoms with Gasteiger partial charge in [0, 0.05) is 5.41 Å². The van der Waals surface area contributed by atoms with E-state index >= 15 is 0 Å². The van der Waals surface area contributed by atoms with Gasteiger partial charge in [0.05, 0.1) is 20.1 Å². The third-order valence-corrected chi connectivity index (χ3v) is 7.57. The van der Waals surface area contributed by atoms with Crippen LogP contribution in [-0.2, 0) is 5.41 Å². The van der Waals surface area contributed by atoms with Crippen LogP contribution >= 0.6 is 46.4 Å². The summed E-state index contributed by atoms with van der Waals surface area (Å²) in [6.45, 7) is 11.9. The van der Waals surface area contributed by atoms with Crippen LogP contribution in [0.5, 0.6) is 11.5 Å². The minimum Gasteiger partial charge on any atom is -0.470 e. The highest BCUT2D eigenvalue weighted by atomic mass is 35.5. The molecule has 0 unspecified atom stereocenters. The second-order valence-electron chi connectivity index (χ2n) is 8.91. The topological polar surface area (TPSA) is 70.5 Å². The van der Waals surface area contributed by atoms with E-state index in [4.69, 9.17) is 67.3 Å². The molecule has 8 heteroatoms. The van der Waals surface area contributed by atoms with Crippen molar-refractivity contribution < 1.29 is 9.47 Å². The van der Waals surface area contributed by atoms with Crippen molar-refractivity contribution in [2.75, 3.05) is 0 Å². The lowest BCUT2D eigenvalue weighted by Crippen LogP contribution is -2.44. The maximum absolute atomic E-state index is 6.59. The molecule has 4 N–H and O–H groups in total. The van der Waals surface area contributed by atoms with Gasteiger partial charge in [-0.25, -0.2) is 0 Å². The minimum absolute atomic E-state index is 0.377. The summed E-state index contributed by atoms with van der Waals surface area (Å²) in [4.78, 5) is 0. The van der Waals surface area contributed by atoms with Crippen molar-refractivity contribution in [3.8, 4) is 11.5 Å². The Bertz CT molecular complexity index is 863. The van der Waals surface area contributed by atoms with Crippen LogP contribution in [0.25, 0.3) is 0 Å². The van der Waals surface area contributed by atoms with Crippen molar-refractivity contribution in [3.63, 3.8) is 0 Å². The smallest absolute Gasteiger partial charge is 0.159 e. The molecule has 2 rings (SSSR count). The molecule has 4 nitrogen and oxygen atoms in total. The van der Waals surface area contributed by atoms with Crippen LogP contribution in [0.4, 0.5) is 0 Å². The van der Waals surface area contributed by atoms with Gasteiger partial charge in [0.1, 0.15) is 0 Å². The van der Waals surface area contributed by atoms with Crippen molar-refractivity contribution >= 4 is 46.4 Å². The van der Waals surface area contributed by atoms with E-state index in [9.17, 15) is 0 Å². The lowest BCUT2D eigenvalue weighted by molar-refractivity contribution is 0.0671. The Hall–Kier alpha value is -0.880. The summed E-state index contributed by atoms with van der Waals surface area (Å²) in [5.41, 5.74) is 12.2. The van der Waals surface area contributed by atoms with E-state index in [1.165, 1.54) is 0 Å². The van der Waals surface area contributed by atoms with Gasteiger partial charge >= 0.3 is 0 Å². The highest BCUT2D eigenvalue weighted by Gasteiger charge is 2.31. The molecule has 0 atom stereocenters. The third kappa shape index (κ3) is 6.22. The Kier molecular flexibility index (Phi) is 9.28. The summed E-state index contributed by atoms with van der Waals surface area (Å²) in [5, 5.41) is 1.55. The second kappa shape index (κ2) is 10.8. The van der Waals surface area contributed by atoms with E-state index in [2.05, 4.69) is 0 Å². The summed E-state index contributed by atoms with van der Waals surface area (Å²) in [6.07, 6.45) is 2.48. The Morgan fingerprint density at radius 2 is 0.848 bits per heavy atom. The van der Waals surface area contributed by atoms with Gasteiger partial charge in [-0.1, -0.05) is 87.9 Å². The fraction of sp³-hybridized carbons (Fsp3) is 0.520. The summed E-state index contributed by atoms with van der Waals surface area (Å²) in [6, 6.07) is 7.33. The molecule has 0 aliphatic heterocycles. The molecule has 0 aliphatic rings. The first-order valence-corrected chi connectivity index (χ1v) is 12.7. The van der Waals surface area contributed by atoms with E-state index in [1.54, 1.807) is 0 Å². The fourth-order valence-corrected chi connectivity index (χ4v) is 4.53. The van der Waals surface area contributed by atoms with Crippen molar-refractivity contribution in [2.24, 2.45) is 11.5 Å². The molecule has 0 amide bonds. The predicted octanol–water partition coefficient (Wildman–Crippen LogP) is 8.33. The lowest BCUT2D eigenvalue weighted by atomic mass is 9.78. The molecule has 0 saturated carbocycles. The number of benzene rings is 2. The SMILES string of the molecule is CCC(N)(CC)Oc1c(Cl)cc(C(C)(C)c2cc(Cl)c(OC(N)(CC)CC)c(Cl)c2)cc1Cl. The largest absolute Gasteiger partial charge is 0.470 e. The molecule has 2 aromatic rings. The van der Waals surface area contributed by atoms with E-state index in [-0.39, 0.29) is 0 Å². The van der Waals surface area contributed by atoms with Crippen LogP contribution in [0.2, 0.25) is 20.1 Å². The number of hydrogen-bond donors (Lipinski definition) is 2. The van der Waals surface area contributed by atoms with Crippen molar-refractivity contribution in [3.05, 3.63) is 55.5 Å². The molecule has 0 aromatic heterocycles. The summed E-state index contributed by atoms with van der Waals surface area (Å²) < 4.78 is 12.0. The van der Waals surface area contributed by atoms with Crippen LogP contribution in [0.15, 0.2) is 24.3 Å². The Labute approximate surface area is 217 Å². The molecular formula is C25H34Cl4N2O2. The molecular weight excluding hydrogens is 502 g/mol. The van der Waals surface area contributed by atoms with Crippen molar-refractivity contribution in [1.29, 1.82) is 0 Å². The van der Waals surface area contributed by atoms with Crippen LogP contribution in [0.1, 0.15) is 78.4 Å². The maximum Gasteiger partial charge on any atom is 0.159 e. The predicted molar refractivity (Wildman–Crippen MR) is 141 cm³/mol. The first-order chi connectivity index (χ1) is 15.3. The van der Waals surface area contributed by atoms with Gasteiger partial charge in [0.2, 0.25) is 0 Å². The average Bonchev–Trinajstić information content (AvgIpc) is 2.78. The van der Waals surface area contributed by atoms with Crippen molar-refractivity contribution in [1.82, 2.24) is 0 Å². The minimum atomic E-state index is -0.837. The molecule has 0 radical (unpaired) electrons. The van der Waals surface area contributed by atoms with Gasteiger partial charge in [-0.05, 0) is 61.1 Å². The Balaban J connectivity index is 2.48. The number of ether oxygens (including phenoxy) is 2. The monoisotopic (exact) mass is 534 g/mol. The average molecular weight is 536 g/mol. The molecule has 0 saturated heterocycles. The zero-order valence-corrected chi connectivity index (χ0v) is 23.1. The first kappa shape index (κ1) is 28.4. The van der Waals surface area contributed by atoms with Crippen LogP contribution in [0.3, 0.4) is 0 Å². The Morgan fingerprint density at radius 1 is 0.606 bits per heavy atom.